The van der Waals surface area contributed by atoms with E-state index in [0.29, 0.717) is 24.8 Å². The molecular formula is C22H24N4O2. The molecule has 3 aromatic rings. The van der Waals surface area contributed by atoms with Crippen LogP contribution in [0.2, 0.25) is 0 Å². The summed E-state index contributed by atoms with van der Waals surface area (Å²) in [5.41, 5.74) is 1.14. The molecule has 144 valence electrons. The van der Waals surface area contributed by atoms with Crippen LogP contribution in [0, 0.1) is 11.8 Å². The molecular weight excluding hydrogens is 352 g/mol. The number of carbonyl (C=O) groups is 2. The molecule has 6 heteroatoms. The van der Waals surface area contributed by atoms with Crippen molar-refractivity contribution in [3.05, 3.63) is 60.3 Å². The summed E-state index contributed by atoms with van der Waals surface area (Å²) in [6.07, 6.45) is 2.87. The number of benzene rings is 2. The molecule has 0 bridgehead atoms. The summed E-state index contributed by atoms with van der Waals surface area (Å²) in [5, 5.41) is 12.4. The van der Waals surface area contributed by atoms with Crippen molar-refractivity contribution in [3.63, 3.8) is 0 Å². The number of carbonyl (C=O) groups excluding carboxylic acids is 2. The second kappa shape index (κ2) is 7.84. The molecule has 0 aliphatic heterocycles. The Morgan fingerprint density at radius 1 is 1.14 bits per heavy atom. The number of hydrogen-bond acceptors (Lipinski definition) is 3. The molecule has 0 saturated heterocycles. The average Bonchev–Trinajstić information content (AvgIpc) is 3.28. The first-order valence-corrected chi connectivity index (χ1v) is 9.68. The Morgan fingerprint density at radius 3 is 2.75 bits per heavy atom. The van der Waals surface area contributed by atoms with Crippen molar-refractivity contribution in [2.24, 2.45) is 11.8 Å². The first-order chi connectivity index (χ1) is 13.6. The Hall–Kier alpha value is -3.15. The van der Waals surface area contributed by atoms with Crippen LogP contribution in [0.3, 0.4) is 0 Å². The van der Waals surface area contributed by atoms with Gasteiger partial charge in [0.05, 0.1) is 12.7 Å². The van der Waals surface area contributed by atoms with Gasteiger partial charge in [0.1, 0.15) is 5.82 Å². The minimum absolute atomic E-state index is 0.0568. The summed E-state index contributed by atoms with van der Waals surface area (Å²) in [6, 6.07) is 16.2. The second-order valence-electron chi connectivity index (χ2n) is 7.42. The van der Waals surface area contributed by atoms with Gasteiger partial charge in [0.2, 0.25) is 11.8 Å². The van der Waals surface area contributed by atoms with E-state index >= 15 is 0 Å². The summed E-state index contributed by atoms with van der Waals surface area (Å²) >= 11 is 0. The quantitative estimate of drug-likeness (QED) is 0.665. The number of rotatable bonds is 7. The minimum Gasteiger partial charge on any atom is -0.355 e. The van der Waals surface area contributed by atoms with Crippen LogP contribution in [0.5, 0.6) is 0 Å². The highest BCUT2D eigenvalue weighted by Gasteiger charge is 2.38. The summed E-state index contributed by atoms with van der Waals surface area (Å²) in [5.74, 6) is 1.17. The third-order valence-corrected chi connectivity index (χ3v) is 5.28. The van der Waals surface area contributed by atoms with Crippen molar-refractivity contribution in [1.82, 2.24) is 15.1 Å². The highest BCUT2D eigenvalue weighted by atomic mass is 16.2. The number of anilines is 1. The van der Waals surface area contributed by atoms with E-state index in [0.717, 1.165) is 12.0 Å². The number of aromatic nitrogens is 2. The van der Waals surface area contributed by atoms with E-state index in [2.05, 4.69) is 46.9 Å². The van der Waals surface area contributed by atoms with Crippen LogP contribution in [0.1, 0.15) is 25.3 Å². The molecule has 2 atom stereocenters. The first kappa shape index (κ1) is 18.2. The minimum atomic E-state index is -0.135. The monoisotopic (exact) mass is 376 g/mol. The van der Waals surface area contributed by atoms with Gasteiger partial charge in [0.25, 0.3) is 0 Å². The fourth-order valence-electron chi connectivity index (χ4n) is 3.48. The lowest BCUT2D eigenvalue weighted by molar-refractivity contribution is -0.122. The van der Waals surface area contributed by atoms with Crippen LogP contribution in [0.15, 0.2) is 54.7 Å². The lowest BCUT2D eigenvalue weighted by atomic mass is 10.0. The van der Waals surface area contributed by atoms with Gasteiger partial charge in [-0.05, 0) is 28.7 Å². The van der Waals surface area contributed by atoms with Gasteiger partial charge >= 0.3 is 0 Å². The topological polar surface area (TPSA) is 76.0 Å². The summed E-state index contributed by atoms with van der Waals surface area (Å²) < 4.78 is 1.78. The molecule has 2 N–H and O–H groups in total. The van der Waals surface area contributed by atoms with E-state index in [-0.39, 0.29) is 24.2 Å². The number of nitrogens with one attached hydrogen (secondary N) is 2. The van der Waals surface area contributed by atoms with Crippen LogP contribution in [-0.2, 0) is 16.1 Å². The number of nitrogens with zero attached hydrogens (tertiary/aromatic N) is 2. The van der Waals surface area contributed by atoms with E-state index in [9.17, 15) is 9.59 Å². The number of hydrogen-bond donors (Lipinski definition) is 2. The van der Waals surface area contributed by atoms with Crippen molar-refractivity contribution in [2.75, 3.05) is 11.9 Å². The van der Waals surface area contributed by atoms with Crippen molar-refractivity contribution in [3.8, 4) is 0 Å². The van der Waals surface area contributed by atoms with Gasteiger partial charge in [-0.3, -0.25) is 9.59 Å². The van der Waals surface area contributed by atoms with Crippen LogP contribution in [0.25, 0.3) is 10.8 Å². The van der Waals surface area contributed by atoms with Crippen LogP contribution in [0.4, 0.5) is 5.82 Å². The number of amides is 2. The molecule has 2 unspecified atom stereocenters. The van der Waals surface area contributed by atoms with Gasteiger partial charge in [0, 0.05) is 24.9 Å². The van der Waals surface area contributed by atoms with Gasteiger partial charge in [0.15, 0.2) is 0 Å². The largest absolute Gasteiger partial charge is 0.355 e. The first-order valence-electron chi connectivity index (χ1n) is 9.68. The molecule has 1 aromatic heterocycles. The molecule has 4 rings (SSSR count). The highest BCUT2D eigenvalue weighted by Crippen LogP contribution is 2.37. The fraction of sp³-hybridized carbons (Fsp3) is 0.318. The lowest BCUT2D eigenvalue weighted by Gasteiger charge is -2.11. The zero-order valence-electron chi connectivity index (χ0n) is 15.9. The molecule has 2 amide bonds. The molecule has 28 heavy (non-hydrogen) atoms. The summed E-state index contributed by atoms with van der Waals surface area (Å²) in [6.45, 7) is 2.99. The zero-order valence-corrected chi connectivity index (χ0v) is 15.9. The van der Waals surface area contributed by atoms with E-state index in [1.165, 1.54) is 10.8 Å². The molecule has 0 radical (unpaired) electrons. The zero-order chi connectivity index (χ0) is 19.5. The van der Waals surface area contributed by atoms with Gasteiger partial charge < -0.3 is 10.6 Å². The van der Waals surface area contributed by atoms with Gasteiger partial charge in [-0.15, -0.1) is 0 Å². The van der Waals surface area contributed by atoms with E-state index < -0.39 is 0 Å². The maximum absolute atomic E-state index is 12.3. The van der Waals surface area contributed by atoms with Crippen LogP contribution >= 0.6 is 0 Å². The van der Waals surface area contributed by atoms with Gasteiger partial charge in [-0.25, -0.2) is 4.68 Å². The third kappa shape index (κ3) is 4.06. The Kier molecular flexibility index (Phi) is 5.10. The Labute approximate surface area is 163 Å². The third-order valence-electron chi connectivity index (χ3n) is 5.28. The predicted octanol–water partition coefficient (Wildman–Crippen LogP) is 3.19. The molecule has 1 saturated carbocycles. The Morgan fingerprint density at radius 2 is 1.93 bits per heavy atom. The van der Waals surface area contributed by atoms with Crippen molar-refractivity contribution >= 4 is 28.4 Å². The molecule has 2 aromatic carbocycles. The van der Waals surface area contributed by atoms with Gasteiger partial charge in [-0.2, -0.15) is 5.10 Å². The second-order valence-corrected chi connectivity index (χ2v) is 7.42. The SMILES string of the molecule is CC1CC1C(=O)NCCC(=O)Nc1ccnn1Cc1cccc2ccccc12. The Bertz CT molecular complexity index is 1010. The van der Waals surface area contributed by atoms with Crippen molar-refractivity contribution in [1.29, 1.82) is 0 Å². The predicted molar refractivity (Wildman–Crippen MR) is 109 cm³/mol. The maximum atomic E-state index is 12.3. The summed E-state index contributed by atoms with van der Waals surface area (Å²) in [7, 11) is 0. The molecule has 1 fully saturated rings. The fourth-order valence-corrected chi connectivity index (χ4v) is 3.48. The number of fused-ring (bicyclic) bond motifs is 1. The van der Waals surface area contributed by atoms with E-state index in [1.54, 1.807) is 16.9 Å². The smallest absolute Gasteiger partial charge is 0.227 e. The highest BCUT2D eigenvalue weighted by molar-refractivity contribution is 5.90. The molecule has 1 aliphatic rings. The Balaban J connectivity index is 1.36. The van der Waals surface area contributed by atoms with Gasteiger partial charge in [-0.1, -0.05) is 49.4 Å². The molecule has 6 nitrogen and oxygen atoms in total. The lowest BCUT2D eigenvalue weighted by Crippen LogP contribution is -2.29. The molecule has 0 spiro atoms. The van der Waals surface area contributed by atoms with Crippen molar-refractivity contribution < 1.29 is 9.59 Å². The molecule has 1 aliphatic carbocycles. The average molecular weight is 376 g/mol. The standard InChI is InChI=1S/C22H24N4O2/c1-15-13-19(15)22(28)23-11-10-21(27)25-20-9-12-24-26(20)14-17-7-4-6-16-5-2-3-8-18(16)17/h2-9,12,15,19H,10-11,13-14H2,1H3,(H,23,28)(H,25,27). The van der Waals surface area contributed by atoms with E-state index in [4.69, 9.17) is 0 Å². The summed E-state index contributed by atoms with van der Waals surface area (Å²) in [4.78, 5) is 24.1. The van der Waals surface area contributed by atoms with Crippen LogP contribution in [-0.4, -0.2) is 28.1 Å². The maximum Gasteiger partial charge on any atom is 0.227 e. The van der Waals surface area contributed by atoms with E-state index in [1.807, 2.05) is 18.2 Å². The van der Waals surface area contributed by atoms with Crippen molar-refractivity contribution in [2.45, 2.75) is 26.3 Å². The molecule has 1 heterocycles. The normalized spacial score (nSPS) is 18.0. The van der Waals surface area contributed by atoms with Crippen LogP contribution < -0.4 is 10.6 Å².